The first kappa shape index (κ1) is 15.5. The van der Waals surface area contributed by atoms with Crippen LogP contribution in [0.5, 0.6) is 0 Å². The van der Waals surface area contributed by atoms with Crippen LogP contribution in [0.15, 0.2) is 53.0 Å². The van der Waals surface area contributed by atoms with Gasteiger partial charge in [0, 0.05) is 4.47 Å². The van der Waals surface area contributed by atoms with Gasteiger partial charge in [-0.05, 0) is 40.0 Å². The first-order valence-corrected chi connectivity index (χ1v) is 7.34. The summed E-state index contributed by atoms with van der Waals surface area (Å²) in [6.07, 6.45) is 0.614. The highest BCUT2D eigenvalue weighted by Crippen LogP contribution is 2.25. The van der Waals surface area contributed by atoms with E-state index in [0.717, 1.165) is 5.56 Å². The molecule has 0 bridgehead atoms. The van der Waals surface area contributed by atoms with Crippen molar-refractivity contribution in [3.05, 3.63) is 64.1 Å². The van der Waals surface area contributed by atoms with E-state index >= 15 is 0 Å². The SMILES string of the molecule is O=C(O)c1c(Br)cccc1NC(CO)Cc1ccccc1. The second-order valence-corrected chi connectivity index (χ2v) is 5.54. The van der Waals surface area contributed by atoms with Gasteiger partial charge in [0.2, 0.25) is 0 Å². The van der Waals surface area contributed by atoms with Gasteiger partial charge in [-0.2, -0.15) is 0 Å². The van der Waals surface area contributed by atoms with Crippen molar-refractivity contribution in [1.82, 2.24) is 0 Å². The number of hydrogen-bond donors (Lipinski definition) is 3. The highest BCUT2D eigenvalue weighted by Gasteiger charge is 2.17. The van der Waals surface area contributed by atoms with E-state index in [1.54, 1.807) is 18.2 Å². The van der Waals surface area contributed by atoms with Gasteiger partial charge in [-0.15, -0.1) is 0 Å². The highest BCUT2D eigenvalue weighted by molar-refractivity contribution is 9.10. The van der Waals surface area contributed by atoms with Crippen molar-refractivity contribution in [2.45, 2.75) is 12.5 Å². The molecule has 0 saturated carbocycles. The summed E-state index contributed by atoms with van der Waals surface area (Å²) in [7, 11) is 0. The number of carbonyl (C=O) groups is 1. The van der Waals surface area contributed by atoms with Gasteiger partial charge in [0.25, 0.3) is 0 Å². The minimum Gasteiger partial charge on any atom is -0.478 e. The second kappa shape index (κ2) is 7.24. The van der Waals surface area contributed by atoms with Gasteiger partial charge in [-0.25, -0.2) is 4.79 Å². The quantitative estimate of drug-likeness (QED) is 0.749. The van der Waals surface area contributed by atoms with Crippen molar-refractivity contribution >= 4 is 27.6 Å². The number of benzene rings is 2. The van der Waals surface area contributed by atoms with Gasteiger partial charge in [0.1, 0.15) is 0 Å². The van der Waals surface area contributed by atoms with E-state index < -0.39 is 5.97 Å². The van der Waals surface area contributed by atoms with Crippen molar-refractivity contribution in [3.63, 3.8) is 0 Å². The van der Waals surface area contributed by atoms with Crippen LogP contribution < -0.4 is 5.32 Å². The Morgan fingerprint density at radius 3 is 2.48 bits per heavy atom. The Hall–Kier alpha value is -1.85. The number of hydrogen-bond acceptors (Lipinski definition) is 3. The lowest BCUT2D eigenvalue weighted by Gasteiger charge is -2.19. The van der Waals surface area contributed by atoms with E-state index in [-0.39, 0.29) is 18.2 Å². The van der Waals surface area contributed by atoms with Crippen LogP contribution in [0.1, 0.15) is 15.9 Å². The summed E-state index contributed by atoms with van der Waals surface area (Å²) in [6.45, 7) is -0.0829. The minimum atomic E-state index is -1.01. The Kier molecular flexibility index (Phi) is 5.36. The van der Waals surface area contributed by atoms with E-state index in [4.69, 9.17) is 0 Å². The molecule has 21 heavy (non-hydrogen) atoms. The maximum atomic E-state index is 11.3. The van der Waals surface area contributed by atoms with Crippen molar-refractivity contribution in [1.29, 1.82) is 0 Å². The summed E-state index contributed by atoms with van der Waals surface area (Å²) in [4.78, 5) is 11.3. The van der Waals surface area contributed by atoms with E-state index in [9.17, 15) is 15.0 Å². The van der Waals surface area contributed by atoms with Gasteiger partial charge >= 0.3 is 5.97 Å². The summed E-state index contributed by atoms with van der Waals surface area (Å²) in [5.74, 6) is -1.01. The normalized spacial score (nSPS) is 11.9. The number of halogens is 1. The summed E-state index contributed by atoms with van der Waals surface area (Å²) in [5, 5.41) is 21.9. The summed E-state index contributed by atoms with van der Waals surface area (Å²) in [6, 6.07) is 14.6. The molecule has 0 aromatic heterocycles. The van der Waals surface area contributed by atoms with E-state index in [1.165, 1.54) is 0 Å². The molecule has 2 aromatic rings. The van der Waals surface area contributed by atoms with Gasteiger partial charge in [0.05, 0.1) is 23.9 Å². The number of carboxylic acid groups (broad SMARTS) is 1. The summed E-state index contributed by atoms with van der Waals surface area (Å²) in [5.41, 5.74) is 1.74. The summed E-state index contributed by atoms with van der Waals surface area (Å²) >= 11 is 3.24. The lowest BCUT2D eigenvalue weighted by molar-refractivity contribution is 0.0697. The molecule has 110 valence electrons. The van der Waals surface area contributed by atoms with Crippen LogP contribution >= 0.6 is 15.9 Å². The van der Waals surface area contributed by atoms with Crippen LogP contribution in [0, 0.1) is 0 Å². The zero-order chi connectivity index (χ0) is 15.2. The van der Waals surface area contributed by atoms with Crippen molar-refractivity contribution in [2.24, 2.45) is 0 Å². The van der Waals surface area contributed by atoms with Crippen LogP contribution in [0.4, 0.5) is 5.69 Å². The van der Waals surface area contributed by atoms with Gasteiger partial charge in [-0.3, -0.25) is 0 Å². The lowest BCUT2D eigenvalue weighted by Crippen LogP contribution is -2.27. The second-order valence-electron chi connectivity index (χ2n) is 4.68. The molecule has 0 aliphatic rings. The molecular weight excluding hydrogens is 334 g/mol. The fraction of sp³-hybridized carbons (Fsp3) is 0.188. The highest BCUT2D eigenvalue weighted by atomic mass is 79.9. The van der Waals surface area contributed by atoms with Crippen LogP contribution in [0.25, 0.3) is 0 Å². The molecule has 0 spiro atoms. The number of anilines is 1. The third kappa shape index (κ3) is 4.06. The molecule has 2 rings (SSSR count). The monoisotopic (exact) mass is 349 g/mol. The van der Waals surface area contributed by atoms with Crippen LogP contribution in [-0.2, 0) is 6.42 Å². The molecule has 0 radical (unpaired) electrons. The number of rotatable bonds is 6. The number of aliphatic hydroxyl groups is 1. The third-order valence-electron chi connectivity index (χ3n) is 3.13. The van der Waals surface area contributed by atoms with Crippen LogP contribution in [0.2, 0.25) is 0 Å². The van der Waals surface area contributed by atoms with Gasteiger partial charge in [-0.1, -0.05) is 36.4 Å². The Bertz CT molecular complexity index is 616. The fourth-order valence-electron chi connectivity index (χ4n) is 2.14. The Morgan fingerprint density at radius 1 is 1.14 bits per heavy atom. The molecule has 2 aromatic carbocycles. The molecule has 1 atom stereocenters. The smallest absolute Gasteiger partial charge is 0.338 e. The molecule has 3 N–H and O–H groups in total. The zero-order valence-corrected chi connectivity index (χ0v) is 12.9. The first-order valence-electron chi connectivity index (χ1n) is 6.55. The Balaban J connectivity index is 2.19. The molecule has 0 fully saturated rings. The standard InChI is InChI=1S/C16H16BrNO3/c17-13-7-4-8-14(15(13)16(20)21)18-12(10-19)9-11-5-2-1-3-6-11/h1-8,12,18-19H,9-10H2,(H,20,21). The zero-order valence-electron chi connectivity index (χ0n) is 11.3. The van der Waals surface area contributed by atoms with E-state index in [1.807, 2.05) is 30.3 Å². The van der Waals surface area contributed by atoms with Crippen LogP contribution in [0.3, 0.4) is 0 Å². The molecule has 0 aliphatic heterocycles. The van der Waals surface area contributed by atoms with Crippen LogP contribution in [-0.4, -0.2) is 28.8 Å². The molecule has 4 nitrogen and oxygen atoms in total. The van der Waals surface area contributed by atoms with E-state index in [2.05, 4.69) is 21.2 Å². The molecule has 0 heterocycles. The lowest BCUT2D eigenvalue weighted by atomic mass is 10.1. The number of aromatic carboxylic acids is 1. The number of carboxylic acids is 1. The predicted octanol–water partition coefficient (Wildman–Crippen LogP) is 3.16. The topological polar surface area (TPSA) is 69.6 Å². The van der Waals surface area contributed by atoms with Crippen molar-refractivity contribution < 1.29 is 15.0 Å². The largest absolute Gasteiger partial charge is 0.478 e. The van der Waals surface area contributed by atoms with E-state index in [0.29, 0.717) is 16.6 Å². The average molecular weight is 350 g/mol. The third-order valence-corrected chi connectivity index (χ3v) is 3.79. The molecular formula is C16H16BrNO3. The van der Waals surface area contributed by atoms with Crippen molar-refractivity contribution in [3.8, 4) is 0 Å². The Morgan fingerprint density at radius 2 is 1.86 bits per heavy atom. The maximum absolute atomic E-state index is 11.3. The van der Waals surface area contributed by atoms with Gasteiger partial charge in [0.15, 0.2) is 0 Å². The first-order chi connectivity index (χ1) is 10.1. The average Bonchev–Trinajstić information content (AvgIpc) is 2.47. The minimum absolute atomic E-state index is 0.0829. The molecule has 0 aliphatic carbocycles. The molecule has 0 amide bonds. The molecule has 1 unspecified atom stereocenters. The summed E-state index contributed by atoms with van der Waals surface area (Å²) < 4.78 is 0.511. The molecule has 0 saturated heterocycles. The molecule has 5 heteroatoms. The van der Waals surface area contributed by atoms with Gasteiger partial charge < -0.3 is 15.5 Å². The number of nitrogens with one attached hydrogen (secondary N) is 1. The number of aliphatic hydroxyl groups excluding tert-OH is 1. The predicted molar refractivity (Wildman–Crippen MR) is 85.7 cm³/mol. The maximum Gasteiger partial charge on any atom is 0.338 e. The van der Waals surface area contributed by atoms with Crippen molar-refractivity contribution in [2.75, 3.05) is 11.9 Å². The Labute approximate surface area is 131 Å². The fourth-order valence-corrected chi connectivity index (χ4v) is 2.68.